The average molecular weight is 432 g/mol. The summed E-state index contributed by atoms with van der Waals surface area (Å²) in [7, 11) is 0. The Labute approximate surface area is 175 Å². The first-order valence-corrected chi connectivity index (χ1v) is 9.42. The van der Waals surface area contributed by atoms with Gasteiger partial charge in [0.1, 0.15) is 17.9 Å². The van der Waals surface area contributed by atoms with Crippen LogP contribution in [0, 0.1) is 24.2 Å². The molecular formula is C20H16ClF2N5O2. The first-order chi connectivity index (χ1) is 14.3. The third kappa shape index (κ3) is 3.23. The van der Waals surface area contributed by atoms with Crippen molar-refractivity contribution in [3.63, 3.8) is 0 Å². The number of nitrogens with two attached hydrogens (primary N) is 1. The molecule has 0 bridgehead atoms. The molecule has 1 fully saturated rings. The quantitative estimate of drug-likeness (QED) is 0.770. The fraction of sp³-hybridized carbons (Fsp3) is 0.300. The number of anilines is 1. The molecule has 1 aliphatic carbocycles. The SMILES string of the molecule is Cc1cc(C#N)cnc1C(=O)Nc1ccc(Cl)c([C@@]2(C(F)F)N=C(N)O[C@@H]3CC32)c1. The van der Waals surface area contributed by atoms with E-state index < -0.39 is 29.9 Å². The van der Waals surface area contributed by atoms with Crippen LogP contribution in [0.3, 0.4) is 0 Å². The zero-order chi connectivity index (χ0) is 21.6. The molecule has 0 saturated heterocycles. The number of amidine groups is 1. The third-order valence-electron chi connectivity index (χ3n) is 5.28. The highest BCUT2D eigenvalue weighted by molar-refractivity contribution is 6.31. The molecule has 154 valence electrons. The van der Waals surface area contributed by atoms with E-state index in [1.165, 1.54) is 30.5 Å². The highest BCUT2D eigenvalue weighted by Gasteiger charge is 2.64. The number of carbonyl (C=O) groups is 1. The Balaban J connectivity index is 1.70. The molecule has 3 N–H and O–H groups in total. The van der Waals surface area contributed by atoms with Crippen molar-refractivity contribution >= 4 is 29.2 Å². The molecule has 4 rings (SSSR count). The number of aliphatic imine (C=N–C) groups is 1. The van der Waals surface area contributed by atoms with Crippen LogP contribution in [0.1, 0.15) is 33.6 Å². The Morgan fingerprint density at radius 3 is 2.90 bits per heavy atom. The smallest absolute Gasteiger partial charge is 0.283 e. The molecule has 2 heterocycles. The van der Waals surface area contributed by atoms with E-state index in [1.807, 2.05) is 6.07 Å². The number of carbonyl (C=O) groups excluding carboxylic acids is 1. The van der Waals surface area contributed by atoms with Gasteiger partial charge in [0.25, 0.3) is 18.4 Å². The van der Waals surface area contributed by atoms with Gasteiger partial charge in [0.05, 0.1) is 5.56 Å². The van der Waals surface area contributed by atoms with Gasteiger partial charge in [-0.05, 0) is 43.2 Å². The minimum atomic E-state index is -2.87. The highest BCUT2D eigenvalue weighted by Crippen LogP contribution is 2.57. The third-order valence-corrected chi connectivity index (χ3v) is 5.60. The molecule has 1 aliphatic heterocycles. The number of ether oxygens (including phenoxy) is 1. The number of aryl methyl sites for hydroxylation is 1. The lowest BCUT2D eigenvalue weighted by atomic mass is 9.84. The van der Waals surface area contributed by atoms with E-state index in [0.717, 1.165) is 0 Å². The number of pyridine rings is 1. The number of alkyl halides is 2. The summed E-state index contributed by atoms with van der Waals surface area (Å²) in [4.78, 5) is 20.6. The molecule has 1 aromatic carbocycles. The molecule has 1 aromatic heterocycles. The van der Waals surface area contributed by atoms with Gasteiger partial charge in [0.2, 0.25) is 0 Å². The van der Waals surface area contributed by atoms with Gasteiger partial charge >= 0.3 is 0 Å². The van der Waals surface area contributed by atoms with Gasteiger partial charge in [-0.3, -0.25) is 4.79 Å². The van der Waals surface area contributed by atoms with Crippen LogP contribution in [-0.4, -0.2) is 29.4 Å². The summed E-state index contributed by atoms with van der Waals surface area (Å²) >= 11 is 6.27. The molecular weight excluding hydrogens is 416 g/mol. The van der Waals surface area contributed by atoms with Crippen molar-refractivity contribution in [3.05, 3.63) is 57.9 Å². The van der Waals surface area contributed by atoms with Crippen molar-refractivity contribution in [3.8, 4) is 6.07 Å². The van der Waals surface area contributed by atoms with Crippen LogP contribution in [0.5, 0.6) is 0 Å². The lowest BCUT2D eigenvalue weighted by Gasteiger charge is -2.33. The number of halogens is 3. The first kappa shape index (κ1) is 20.0. The van der Waals surface area contributed by atoms with Crippen LogP contribution < -0.4 is 11.1 Å². The van der Waals surface area contributed by atoms with Crippen LogP contribution in [0.2, 0.25) is 5.02 Å². The number of fused-ring (bicyclic) bond motifs is 1. The number of nitrogens with one attached hydrogen (secondary N) is 1. The number of benzene rings is 1. The molecule has 2 aromatic rings. The van der Waals surface area contributed by atoms with E-state index in [0.29, 0.717) is 17.5 Å². The second-order valence-corrected chi connectivity index (χ2v) is 7.63. The van der Waals surface area contributed by atoms with E-state index in [9.17, 15) is 13.6 Å². The van der Waals surface area contributed by atoms with Crippen LogP contribution >= 0.6 is 11.6 Å². The highest BCUT2D eigenvalue weighted by atomic mass is 35.5. The van der Waals surface area contributed by atoms with Gasteiger partial charge in [-0.25, -0.2) is 18.8 Å². The molecule has 0 spiro atoms. The molecule has 1 amide bonds. The summed E-state index contributed by atoms with van der Waals surface area (Å²) < 4.78 is 33.8. The molecule has 1 saturated carbocycles. The van der Waals surface area contributed by atoms with Crippen molar-refractivity contribution in [2.24, 2.45) is 16.6 Å². The van der Waals surface area contributed by atoms with Crippen molar-refractivity contribution in [1.82, 2.24) is 4.98 Å². The topological polar surface area (TPSA) is 113 Å². The van der Waals surface area contributed by atoms with E-state index in [-0.39, 0.29) is 28.0 Å². The van der Waals surface area contributed by atoms with Gasteiger partial charge in [-0.15, -0.1) is 0 Å². The molecule has 3 atom stereocenters. The second-order valence-electron chi connectivity index (χ2n) is 7.22. The summed E-state index contributed by atoms with van der Waals surface area (Å²) in [6, 6.07) is 7.48. The normalized spacial score (nSPS) is 24.3. The molecule has 1 unspecified atom stereocenters. The predicted octanol–water partition coefficient (Wildman–Crippen LogP) is 3.36. The maximum atomic E-state index is 14.3. The number of hydrogen-bond acceptors (Lipinski definition) is 6. The van der Waals surface area contributed by atoms with Gasteiger partial charge in [-0.1, -0.05) is 11.6 Å². The Morgan fingerprint density at radius 2 is 2.23 bits per heavy atom. The minimum Gasteiger partial charge on any atom is -0.462 e. The summed E-state index contributed by atoms with van der Waals surface area (Å²) in [5, 5.41) is 11.7. The lowest BCUT2D eigenvalue weighted by Crippen LogP contribution is -2.43. The van der Waals surface area contributed by atoms with Gasteiger partial charge in [0, 0.05) is 28.4 Å². The molecule has 30 heavy (non-hydrogen) atoms. The van der Waals surface area contributed by atoms with Crippen LogP contribution in [0.4, 0.5) is 14.5 Å². The van der Waals surface area contributed by atoms with Gasteiger partial charge in [-0.2, -0.15) is 5.26 Å². The predicted molar refractivity (Wildman–Crippen MR) is 105 cm³/mol. The lowest BCUT2D eigenvalue weighted by molar-refractivity contribution is 0.0197. The van der Waals surface area contributed by atoms with E-state index in [2.05, 4.69) is 15.3 Å². The standard InChI is InChI=1S/C20H16ClF2N5O2/c1-9-4-10(7-24)8-26-16(9)17(29)27-11-2-3-14(21)12(5-11)20(18(22)23)13-6-15(13)30-19(25)28-20/h2-5,8,13,15,18H,6H2,1H3,(H2,25,28)(H,27,29)/t13?,15-,20-/m1/s1. The Bertz CT molecular complexity index is 1120. The average Bonchev–Trinajstić information content (AvgIpc) is 3.48. The van der Waals surface area contributed by atoms with E-state index >= 15 is 0 Å². The monoisotopic (exact) mass is 431 g/mol. The molecule has 10 heteroatoms. The Morgan fingerprint density at radius 1 is 1.47 bits per heavy atom. The Kier molecular flexibility index (Phi) is 4.82. The Hall–Kier alpha value is -3.25. The maximum absolute atomic E-state index is 14.3. The first-order valence-electron chi connectivity index (χ1n) is 9.04. The zero-order valence-corrected chi connectivity index (χ0v) is 16.5. The number of aromatic nitrogens is 1. The van der Waals surface area contributed by atoms with E-state index in [4.69, 9.17) is 27.3 Å². The number of nitrogens with zero attached hydrogens (tertiary/aromatic N) is 3. The maximum Gasteiger partial charge on any atom is 0.283 e. The summed E-state index contributed by atoms with van der Waals surface area (Å²) in [6.45, 7) is 1.65. The van der Waals surface area contributed by atoms with E-state index in [1.54, 1.807) is 6.92 Å². The number of nitriles is 1. The summed E-state index contributed by atoms with van der Waals surface area (Å²) in [6.07, 6.45) is -1.64. The van der Waals surface area contributed by atoms with Crippen LogP contribution in [0.25, 0.3) is 0 Å². The molecule has 7 nitrogen and oxygen atoms in total. The minimum absolute atomic E-state index is 0.0697. The largest absolute Gasteiger partial charge is 0.462 e. The second kappa shape index (κ2) is 7.22. The fourth-order valence-corrected chi connectivity index (χ4v) is 4.04. The molecule has 0 radical (unpaired) electrons. The molecule has 2 aliphatic rings. The number of hydrogen-bond donors (Lipinski definition) is 2. The summed E-state index contributed by atoms with van der Waals surface area (Å²) in [5.41, 5.74) is 4.97. The van der Waals surface area contributed by atoms with Gasteiger partial charge in [0.15, 0.2) is 5.54 Å². The summed E-state index contributed by atoms with van der Waals surface area (Å²) in [5.74, 6) is -1.11. The van der Waals surface area contributed by atoms with Crippen molar-refractivity contribution in [2.75, 3.05) is 5.32 Å². The van der Waals surface area contributed by atoms with Crippen LogP contribution in [-0.2, 0) is 10.3 Å². The number of rotatable bonds is 4. The van der Waals surface area contributed by atoms with Crippen molar-refractivity contribution in [2.45, 2.75) is 31.4 Å². The fourth-order valence-electron chi connectivity index (χ4n) is 3.77. The zero-order valence-electron chi connectivity index (χ0n) is 15.7. The van der Waals surface area contributed by atoms with Gasteiger partial charge < -0.3 is 15.8 Å². The van der Waals surface area contributed by atoms with Crippen LogP contribution in [0.15, 0.2) is 35.5 Å². The van der Waals surface area contributed by atoms with Crippen molar-refractivity contribution < 1.29 is 18.3 Å². The number of amides is 1. The van der Waals surface area contributed by atoms with Crippen molar-refractivity contribution in [1.29, 1.82) is 5.26 Å².